The Morgan fingerprint density at radius 1 is 1.33 bits per heavy atom. The Balaban J connectivity index is 1.73. The fourth-order valence-electron chi connectivity index (χ4n) is 4.59. The topological polar surface area (TPSA) is 17.8 Å². The van der Waals surface area contributed by atoms with Gasteiger partial charge >= 0.3 is 0 Å². The predicted molar refractivity (Wildman–Crippen MR) is 87.7 cm³/mol. The molecule has 0 saturated heterocycles. The Morgan fingerprint density at radius 3 is 2.86 bits per heavy atom. The molecule has 0 amide bonds. The average Bonchev–Trinajstić information content (AvgIpc) is 3.12. The molecule has 112 valence electrons. The van der Waals surface area contributed by atoms with Crippen LogP contribution in [-0.2, 0) is 6.54 Å². The van der Waals surface area contributed by atoms with E-state index < -0.39 is 0 Å². The van der Waals surface area contributed by atoms with E-state index in [2.05, 4.69) is 29.7 Å². The number of hydrogen-bond donors (Lipinski definition) is 0. The zero-order valence-electron chi connectivity index (χ0n) is 12.8. The van der Waals surface area contributed by atoms with Gasteiger partial charge in [-0.3, -0.25) is 0 Å². The normalized spacial score (nSPS) is 29.4. The standard InChI is InChI=1S/C18H23ClN2/c1-11-3-6-17-16(7-11)20-18(12(2)19)21(17)10-15-9-13-4-5-14(15)8-13/h3,6-7,12-15H,4-5,8-10H2,1-2H3. The minimum Gasteiger partial charge on any atom is -0.326 e. The van der Waals surface area contributed by atoms with Crippen LogP contribution in [0.15, 0.2) is 18.2 Å². The molecule has 21 heavy (non-hydrogen) atoms. The second-order valence-corrected chi connectivity index (χ2v) is 7.78. The van der Waals surface area contributed by atoms with E-state index in [-0.39, 0.29) is 5.38 Å². The minimum absolute atomic E-state index is 0.0312. The quantitative estimate of drug-likeness (QED) is 0.723. The van der Waals surface area contributed by atoms with Crippen molar-refractivity contribution in [3.8, 4) is 0 Å². The molecule has 2 nitrogen and oxygen atoms in total. The first kappa shape index (κ1) is 13.6. The van der Waals surface area contributed by atoms with E-state index in [1.807, 2.05) is 6.92 Å². The Kier molecular flexibility index (Phi) is 3.25. The molecule has 0 N–H and O–H groups in total. The van der Waals surface area contributed by atoms with Gasteiger partial charge in [-0.05, 0) is 68.6 Å². The van der Waals surface area contributed by atoms with Crippen molar-refractivity contribution in [2.24, 2.45) is 17.8 Å². The van der Waals surface area contributed by atoms with Gasteiger partial charge in [0.2, 0.25) is 0 Å². The second-order valence-electron chi connectivity index (χ2n) is 7.12. The summed E-state index contributed by atoms with van der Waals surface area (Å²) in [4.78, 5) is 4.81. The van der Waals surface area contributed by atoms with E-state index in [4.69, 9.17) is 16.6 Å². The molecule has 1 heterocycles. The van der Waals surface area contributed by atoms with E-state index in [0.717, 1.165) is 35.6 Å². The lowest BCUT2D eigenvalue weighted by Gasteiger charge is -2.23. The highest BCUT2D eigenvalue weighted by atomic mass is 35.5. The summed E-state index contributed by atoms with van der Waals surface area (Å²) in [5, 5.41) is -0.0312. The molecular formula is C18H23ClN2. The van der Waals surface area contributed by atoms with Crippen LogP contribution < -0.4 is 0 Å². The van der Waals surface area contributed by atoms with Crippen LogP contribution in [0.5, 0.6) is 0 Å². The van der Waals surface area contributed by atoms with Gasteiger partial charge in [0.25, 0.3) is 0 Å². The zero-order valence-corrected chi connectivity index (χ0v) is 13.6. The van der Waals surface area contributed by atoms with Gasteiger partial charge in [-0.25, -0.2) is 4.98 Å². The Morgan fingerprint density at radius 2 is 2.19 bits per heavy atom. The fourth-order valence-corrected chi connectivity index (χ4v) is 4.76. The summed E-state index contributed by atoms with van der Waals surface area (Å²) in [5.74, 6) is 3.81. The predicted octanol–water partition coefficient (Wildman–Crippen LogP) is 5.08. The van der Waals surface area contributed by atoms with Crippen molar-refractivity contribution in [3.05, 3.63) is 29.6 Å². The molecule has 2 bridgehead atoms. The maximum atomic E-state index is 6.40. The highest BCUT2D eigenvalue weighted by molar-refractivity contribution is 6.20. The minimum atomic E-state index is -0.0312. The summed E-state index contributed by atoms with van der Waals surface area (Å²) in [6.45, 7) is 5.26. The highest BCUT2D eigenvalue weighted by Crippen LogP contribution is 2.49. The lowest BCUT2D eigenvalue weighted by molar-refractivity contribution is 0.295. The van der Waals surface area contributed by atoms with Crippen LogP contribution in [0.1, 0.15) is 49.4 Å². The third-order valence-corrected chi connectivity index (χ3v) is 5.79. The van der Waals surface area contributed by atoms with Crippen molar-refractivity contribution in [1.82, 2.24) is 9.55 Å². The molecule has 2 saturated carbocycles. The number of halogens is 1. The second kappa shape index (κ2) is 5.01. The van der Waals surface area contributed by atoms with Crippen LogP contribution in [0.25, 0.3) is 11.0 Å². The van der Waals surface area contributed by atoms with Gasteiger partial charge in [0.15, 0.2) is 0 Å². The largest absolute Gasteiger partial charge is 0.326 e. The van der Waals surface area contributed by atoms with Crippen molar-refractivity contribution in [2.75, 3.05) is 0 Å². The number of benzene rings is 1. The summed E-state index contributed by atoms with van der Waals surface area (Å²) in [5.41, 5.74) is 3.62. The number of rotatable bonds is 3. The van der Waals surface area contributed by atoms with Gasteiger partial charge in [-0.15, -0.1) is 11.6 Å². The number of imidazole rings is 1. The molecule has 2 fully saturated rings. The first-order valence-corrected chi connectivity index (χ1v) is 8.66. The number of nitrogens with zero attached hydrogens (tertiary/aromatic N) is 2. The van der Waals surface area contributed by atoms with E-state index in [9.17, 15) is 0 Å². The molecule has 0 spiro atoms. The lowest BCUT2D eigenvalue weighted by atomic mass is 9.88. The Hall–Kier alpha value is -1.02. The van der Waals surface area contributed by atoms with Crippen LogP contribution in [0.3, 0.4) is 0 Å². The van der Waals surface area contributed by atoms with Gasteiger partial charge in [-0.1, -0.05) is 12.5 Å². The van der Waals surface area contributed by atoms with Gasteiger partial charge in [-0.2, -0.15) is 0 Å². The number of alkyl halides is 1. The van der Waals surface area contributed by atoms with E-state index in [1.54, 1.807) is 0 Å². The van der Waals surface area contributed by atoms with E-state index in [1.165, 1.54) is 36.8 Å². The maximum Gasteiger partial charge on any atom is 0.127 e. The first-order chi connectivity index (χ1) is 10.1. The molecule has 1 aromatic heterocycles. The van der Waals surface area contributed by atoms with Crippen LogP contribution >= 0.6 is 11.6 Å². The first-order valence-electron chi connectivity index (χ1n) is 8.22. The van der Waals surface area contributed by atoms with Gasteiger partial charge in [0, 0.05) is 6.54 Å². The van der Waals surface area contributed by atoms with Gasteiger partial charge < -0.3 is 4.57 Å². The third-order valence-electron chi connectivity index (χ3n) is 5.59. The summed E-state index contributed by atoms with van der Waals surface area (Å²) in [7, 11) is 0. The zero-order chi connectivity index (χ0) is 14.6. The van der Waals surface area contributed by atoms with Gasteiger partial charge in [0.1, 0.15) is 5.82 Å². The molecule has 2 aromatic rings. The van der Waals surface area contributed by atoms with Crippen LogP contribution in [0.4, 0.5) is 0 Å². The van der Waals surface area contributed by atoms with Crippen molar-refractivity contribution >= 4 is 22.6 Å². The number of fused-ring (bicyclic) bond motifs is 3. The lowest BCUT2D eigenvalue weighted by Crippen LogP contribution is -2.19. The molecule has 2 aliphatic rings. The highest BCUT2D eigenvalue weighted by Gasteiger charge is 2.39. The number of aryl methyl sites for hydroxylation is 1. The maximum absolute atomic E-state index is 6.40. The summed E-state index contributed by atoms with van der Waals surface area (Å²) in [6.07, 6.45) is 5.77. The Labute approximate surface area is 131 Å². The van der Waals surface area contributed by atoms with Crippen molar-refractivity contribution in [2.45, 2.75) is 51.5 Å². The van der Waals surface area contributed by atoms with Crippen LogP contribution in [0, 0.1) is 24.7 Å². The molecule has 4 unspecified atom stereocenters. The molecule has 2 aliphatic carbocycles. The van der Waals surface area contributed by atoms with Gasteiger partial charge in [0.05, 0.1) is 16.4 Å². The third kappa shape index (κ3) is 2.28. The fraction of sp³-hybridized carbons (Fsp3) is 0.611. The summed E-state index contributed by atoms with van der Waals surface area (Å²) < 4.78 is 2.40. The van der Waals surface area contributed by atoms with Crippen molar-refractivity contribution in [1.29, 1.82) is 0 Å². The molecule has 1 aromatic carbocycles. The van der Waals surface area contributed by atoms with E-state index >= 15 is 0 Å². The van der Waals surface area contributed by atoms with Crippen molar-refractivity contribution < 1.29 is 0 Å². The Bertz CT molecular complexity index is 673. The van der Waals surface area contributed by atoms with Crippen LogP contribution in [-0.4, -0.2) is 9.55 Å². The molecule has 3 heteroatoms. The number of hydrogen-bond acceptors (Lipinski definition) is 1. The van der Waals surface area contributed by atoms with Crippen molar-refractivity contribution in [3.63, 3.8) is 0 Å². The molecular weight excluding hydrogens is 280 g/mol. The number of aromatic nitrogens is 2. The summed E-state index contributed by atoms with van der Waals surface area (Å²) in [6, 6.07) is 6.58. The molecule has 0 radical (unpaired) electrons. The van der Waals surface area contributed by atoms with E-state index in [0.29, 0.717) is 0 Å². The monoisotopic (exact) mass is 302 g/mol. The molecule has 4 atom stereocenters. The van der Waals surface area contributed by atoms with Crippen LogP contribution in [0.2, 0.25) is 0 Å². The molecule has 4 rings (SSSR count). The smallest absolute Gasteiger partial charge is 0.127 e. The SMILES string of the molecule is Cc1ccc2c(c1)nc(C(C)Cl)n2CC1CC2CCC1C2. The summed E-state index contributed by atoms with van der Waals surface area (Å²) >= 11 is 6.40. The molecule has 0 aliphatic heterocycles. The average molecular weight is 303 g/mol.